The topological polar surface area (TPSA) is 91.7 Å². The van der Waals surface area contributed by atoms with Crippen LogP contribution in [0.3, 0.4) is 0 Å². The van der Waals surface area contributed by atoms with Crippen molar-refractivity contribution in [2.24, 2.45) is 0 Å². The van der Waals surface area contributed by atoms with Crippen molar-refractivity contribution in [3.05, 3.63) is 0 Å². The van der Waals surface area contributed by atoms with Crippen LogP contribution in [0, 0.1) is 0 Å². The summed E-state index contributed by atoms with van der Waals surface area (Å²) in [7, 11) is -4.67. The van der Waals surface area contributed by atoms with Crippen LogP contribution >= 0.6 is 0 Å². The van der Waals surface area contributed by atoms with Gasteiger partial charge in [0.25, 0.3) is 0 Å². The van der Waals surface area contributed by atoms with Crippen molar-refractivity contribution in [2.45, 2.75) is 26.2 Å². The van der Waals surface area contributed by atoms with Crippen LogP contribution in [-0.4, -0.2) is 23.8 Å². The van der Waals surface area contributed by atoms with Gasteiger partial charge in [0.15, 0.2) is 0 Å². The minimum atomic E-state index is -4.67. The monoisotopic (exact) mass is 208 g/mol. The summed E-state index contributed by atoms with van der Waals surface area (Å²) in [5.41, 5.74) is 0. The second-order valence-electron chi connectivity index (χ2n) is 1.76. The van der Waals surface area contributed by atoms with Crippen molar-refractivity contribution in [2.75, 3.05) is 0 Å². The van der Waals surface area contributed by atoms with Crippen LogP contribution in [-0.2, 0) is 15.2 Å². The Bertz CT molecular complexity index is 173. The average molecular weight is 208 g/mol. The molecule has 0 aromatic heterocycles. The molecule has 0 aliphatic heterocycles. The molecule has 12 heavy (non-hydrogen) atoms. The molecule has 0 bridgehead atoms. The predicted octanol–water partition coefficient (Wildman–Crippen LogP) is -2.16. The molecule has 0 unspecified atom stereocenters. The fourth-order valence-electron chi connectivity index (χ4n) is 0.287. The van der Waals surface area contributed by atoms with Gasteiger partial charge in [0, 0.05) is 6.42 Å². The minimum absolute atomic E-state index is 0. The zero-order valence-corrected chi connectivity index (χ0v) is 10.0. The second kappa shape index (κ2) is 11.5. The first-order chi connectivity index (χ1) is 4.91. The van der Waals surface area contributed by atoms with Crippen molar-refractivity contribution < 1.29 is 53.3 Å². The van der Waals surface area contributed by atoms with Gasteiger partial charge in [-0.25, -0.2) is 0 Å². The largest absolute Gasteiger partial charge is 1.00 e. The Kier molecular flexibility index (Phi) is 17.6. The van der Waals surface area contributed by atoms with E-state index in [4.69, 9.17) is 17.5 Å². The van der Waals surface area contributed by atoms with Gasteiger partial charge < -0.3 is 6.22 Å². The normalized spacial score (nSPS) is 8.92. The summed E-state index contributed by atoms with van der Waals surface area (Å²) in [6.07, 6.45) is 3.86. The van der Waals surface area contributed by atoms with Crippen molar-refractivity contribution in [3.63, 3.8) is 0 Å². The first-order valence-electron chi connectivity index (χ1n) is 3.05. The van der Waals surface area contributed by atoms with Gasteiger partial charge in [-0.2, -0.15) is 8.42 Å². The molecule has 0 spiro atoms. The summed E-state index contributed by atoms with van der Waals surface area (Å²) in [5, 5.41) is 0. The average Bonchev–Trinajstić information content (AvgIpc) is 1.79. The Morgan fingerprint density at radius 1 is 1.42 bits per heavy atom. The summed E-state index contributed by atoms with van der Waals surface area (Å²) >= 11 is 0. The van der Waals surface area contributed by atoms with Crippen LogP contribution in [0.1, 0.15) is 27.6 Å². The second-order valence-corrected chi connectivity index (χ2v) is 2.65. The Morgan fingerprint density at radius 3 is 1.83 bits per heavy atom. The molecule has 70 valence electrons. The third kappa shape index (κ3) is 76.5. The van der Waals surface area contributed by atoms with Crippen molar-refractivity contribution in [3.8, 4) is 0 Å². The molecule has 0 atom stereocenters. The van der Waals surface area contributed by atoms with Gasteiger partial charge in [-0.05, 0) is 6.42 Å². The molecule has 0 heterocycles. The van der Waals surface area contributed by atoms with E-state index >= 15 is 0 Å². The summed E-state index contributed by atoms with van der Waals surface area (Å²) < 4.78 is 31.6. The smallest absolute Gasteiger partial charge is 1.00 e. The van der Waals surface area contributed by atoms with Gasteiger partial charge in [-0.1, -0.05) is 13.3 Å². The van der Waals surface area contributed by atoms with Gasteiger partial charge in [0.2, 0.25) is 0 Å². The number of aldehydes is 1. The van der Waals surface area contributed by atoms with Crippen LogP contribution in [0.2, 0.25) is 0 Å². The van der Waals surface area contributed by atoms with E-state index in [2.05, 4.69) is 6.92 Å². The summed E-state index contributed by atoms with van der Waals surface area (Å²) in [6, 6.07) is 0. The SMILES string of the molecule is CCCCC=O.O=S(=O)(O)O.[H-].[Na+]. The molecule has 0 saturated carbocycles. The standard InChI is InChI=1S/C5H10O.Na.H2O4S.H/c1-2-3-4-5-6;;1-5(2,3)4;/h5H,2-4H2,1H3;;(H2,1,2,3,4);/q;+1;;-1. The van der Waals surface area contributed by atoms with Crippen molar-refractivity contribution in [1.82, 2.24) is 0 Å². The number of rotatable bonds is 3. The van der Waals surface area contributed by atoms with E-state index < -0.39 is 10.4 Å². The van der Waals surface area contributed by atoms with Crippen molar-refractivity contribution in [1.29, 1.82) is 0 Å². The third-order valence-corrected chi connectivity index (χ3v) is 0.676. The maximum absolute atomic E-state index is 9.56. The quantitative estimate of drug-likeness (QED) is 0.238. The zero-order valence-electron chi connectivity index (χ0n) is 8.23. The molecule has 0 fully saturated rings. The van der Waals surface area contributed by atoms with Gasteiger partial charge in [0.1, 0.15) is 6.29 Å². The molecule has 0 radical (unpaired) electrons. The molecule has 2 N–H and O–H groups in total. The molecule has 7 heteroatoms. The van der Waals surface area contributed by atoms with E-state index in [-0.39, 0.29) is 31.0 Å². The summed E-state index contributed by atoms with van der Waals surface area (Å²) in [4.78, 5) is 9.56. The molecular formula is C5H13NaO5S. The maximum atomic E-state index is 9.56. The van der Waals surface area contributed by atoms with Gasteiger partial charge in [-0.3, -0.25) is 9.11 Å². The maximum Gasteiger partial charge on any atom is 1.00 e. The first kappa shape index (κ1) is 18.3. The summed E-state index contributed by atoms with van der Waals surface area (Å²) in [6.45, 7) is 2.07. The number of unbranched alkanes of at least 4 members (excludes halogenated alkanes) is 2. The predicted molar refractivity (Wildman–Crippen MR) is 40.9 cm³/mol. The van der Waals surface area contributed by atoms with Crippen LogP contribution in [0.5, 0.6) is 0 Å². The molecule has 0 aliphatic rings. The number of hydrogen-bond donors (Lipinski definition) is 2. The molecule has 0 rings (SSSR count). The molecule has 0 amide bonds. The van der Waals surface area contributed by atoms with Gasteiger partial charge >= 0.3 is 40.0 Å². The molecule has 0 aromatic rings. The molecule has 0 aliphatic carbocycles. The van der Waals surface area contributed by atoms with E-state index in [9.17, 15) is 4.79 Å². The number of carbonyl (C=O) groups excluding carboxylic acids is 1. The van der Waals surface area contributed by atoms with Gasteiger partial charge in [-0.15, -0.1) is 0 Å². The Labute approximate surface area is 95.9 Å². The fraction of sp³-hybridized carbons (Fsp3) is 0.800. The van der Waals surface area contributed by atoms with E-state index in [0.29, 0.717) is 0 Å². The van der Waals surface area contributed by atoms with E-state index in [1.807, 2.05) is 0 Å². The van der Waals surface area contributed by atoms with Crippen LogP contribution in [0.15, 0.2) is 0 Å². The third-order valence-electron chi connectivity index (χ3n) is 0.676. The van der Waals surface area contributed by atoms with E-state index in [1.54, 1.807) is 0 Å². The van der Waals surface area contributed by atoms with Crippen molar-refractivity contribution >= 4 is 16.7 Å². The number of hydrogen-bond acceptors (Lipinski definition) is 3. The Hall–Kier alpha value is 0.540. The minimum Gasteiger partial charge on any atom is -1.00 e. The fourth-order valence-corrected chi connectivity index (χ4v) is 0.287. The first-order valence-corrected chi connectivity index (χ1v) is 4.45. The Morgan fingerprint density at radius 2 is 1.75 bits per heavy atom. The molecule has 5 nitrogen and oxygen atoms in total. The van der Waals surface area contributed by atoms with Crippen LogP contribution < -0.4 is 29.6 Å². The van der Waals surface area contributed by atoms with E-state index in [0.717, 1.165) is 25.5 Å². The van der Waals surface area contributed by atoms with Gasteiger partial charge in [0.05, 0.1) is 0 Å². The summed E-state index contributed by atoms with van der Waals surface area (Å²) in [5.74, 6) is 0. The zero-order chi connectivity index (χ0) is 9.33. The van der Waals surface area contributed by atoms with Crippen LogP contribution in [0.25, 0.3) is 0 Å². The van der Waals surface area contributed by atoms with Crippen LogP contribution in [0.4, 0.5) is 0 Å². The molecule has 0 aromatic carbocycles. The molecule has 0 saturated heterocycles. The Balaban J connectivity index is -0.0000000546. The number of carbonyl (C=O) groups is 1. The molecular weight excluding hydrogens is 195 g/mol. The van der Waals surface area contributed by atoms with E-state index in [1.165, 1.54) is 0 Å².